The second-order valence-electron chi connectivity index (χ2n) is 7.61. The van der Waals surface area contributed by atoms with Crippen LogP contribution in [0, 0.1) is 0 Å². The summed E-state index contributed by atoms with van der Waals surface area (Å²) in [6.45, 7) is 1.36. The molecule has 0 aliphatic rings. The molecular weight excluding hydrogens is 468 g/mol. The molecule has 0 aliphatic carbocycles. The minimum atomic E-state index is -3.90. The lowest BCUT2D eigenvalue weighted by atomic mass is 10.2. The van der Waals surface area contributed by atoms with Gasteiger partial charge in [-0.3, -0.25) is 9.59 Å². The van der Waals surface area contributed by atoms with Gasteiger partial charge < -0.3 is 10.1 Å². The number of rotatable bonds is 10. The van der Waals surface area contributed by atoms with Crippen molar-refractivity contribution in [1.82, 2.24) is 9.73 Å². The number of hydrazone groups is 1. The highest BCUT2D eigenvalue weighted by Gasteiger charge is 2.22. The Labute approximate surface area is 204 Å². The van der Waals surface area contributed by atoms with E-state index in [2.05, 4.69) is 15.8 Å². The standard InChI is InChI=1S/C25H26N4O5S/c1-19(30)27-22-11-13-24(14-12-22)35(32,33)29(2)17-25(31)28-26-16-21-9-6-10-23(15-21)34-18-20-7-4-3-5-8-20/h3-16H,17-18H2,1-2H3,(H,27,30)(H,28,31). The molecule has 3 aromatic carbocycles. The molecule has 9 nitrogen and oxygen atoms in total. The Morgan fingerprint density at radius 1 is 1.00 bits per heavy atom. The molecule has 0 heterocycles. The molecule has 182 valence electrons. The monoisotopic (exact) mass is 494 g/mol. The van der Waals surface area contributed by atoms with E-state index in [0.717, 1.165) is 9.87 Å². The lowest BCUT2D eigenvalue weighted by Crippen LogP contribution is -2.36. The van der Waals surface area contributed by atoms with Crippen LogP contribution in [-0.2, 0) is 26.2 Å². The average molecular weight is 495 g/mol. The Balaban J connectivity index is 1.52. The highest BCUT2D eigenvalue weighted by molar-refractivity contribution is 7.89. The Morgan fingerprint density at radius 3 is 2.40 bits per heavy atom. The zero-order chi connectivity index (χ0) is 25.3. The molecule has 0 fully saturated rings. The molecule has 0 radical (unpaired) electrons. The normalized spacial score (nSPS) is 11.4. The van der Waals surface area contributed by atoms with E-state index >= 15 is 0 Å². The fraction of sp³-hybridized carbons (Fsp3) is 0.160. The van der Waals surface area contributed by atoms with Crippen LogP contribution in [0.5, 0.6) is 5.75 Å². The highest BCUT2D eigenvalue weighted by atomic mass is 32.2. The molecule has 10 heteroatoms. The van der Waals surface area contributed by atoms with Gasteiger partial charge in [-0.25, -0.2) is 13.8 Å². The number of hydrogen-bond donors (Lipinski definition) is 2. The fourth-order valence-electron chi connectivity index (χ4n) is 3.02. The van der Waals surface area contributed by atoms with Gasteiger partial charge in [-0.05, 0) is 47.5 Å². The van der Waals surface area contributed by atoms with Crippen LogP contribution in [0.15, 0.2) is 88.9 Å². The largest absolute Gasteiger partial charge is 0.489 e. The lowest BCUT2D eigenvalue weighted by molar-refractivity contribution is -0.121. The van der Waals surface area contributed by atoms with Gasteiger partial charge >= 0.3 is 0 Å². The molecule has 0 atom stereocenters. The van der Waals surface area contributed by atoms with E-state index in [1.165, 1.54) is 44.5 Å². The predicted molar refractivity (Wildman–Crippen MR) is 134 cm³/mol. The van der Waals surface area contributed by atoms with Crippen molar-refractivity contribution in [3.05, 3.63) is 90.0 Å². The van der Waals surface area contributed by atoms with Gasteiger partial charge in [0.25, 0.3) is 5.91 Å². The van der Waals surface area contributed by atoms with Crippen LogP contribution in [0.25, 0.3) is 0 Å². The van der Waals surface area contributed by atoms with Gasteiger partial charge in [0.05, 0.1) is 17.7 Å². The molecule has 35 heavy (non-hydrogen) atoms. The highest BCUT2D eigenvalue weighted by Crippen LogP contribution is 2.17. The van der Waals surface area contributed by atoms with Crippen molar-refractivity contribution in [2.45, 2.75) is 18.4 Å². The first-order valence-electron chi connectivity index (χ1n) is 10.7. The van der Waals surface area contributed by atoms with Gasteiger partial charge in [0, 0.05) is 19.7 Å². The van der Waals surface area contributed by atoms with Crippen LogP contribution in [0.4, 0.5) is 5.69 Å². The maximum Gasteiger partial charge on any atom is 0.255 e. The van der Waals surface area contributed by atoms with E-state index in [9.17, 15) is 18.0 Å². The van der Waals surface area contributed by atoms with Crippen LogP contribution in [0.1, 0.15) is 18.1 Å². The van der Waals surface area contributed by atoms with Crippen molar-refractivity contribution in [2.75, 3.05) is 18.9 Å². The number of nitrogens with zero attached hydrogens (tertiary/aromatic N) is 2. The van der Waals surface area contributed by atoms with Crippen LogP contribution < -0.4 is 15.5 Å². The van der Waals surface area contributed by atoms with Gasteiger partial charge in [0.1, 0.15) is 12.4 Å². The Bertz CT molecular complexity index is 1290. The molecule has 0 unspecified atom stereocenters. The number of amides is 2. The quantitative estimate of drug-likeness (QED) is 0.332. The third kappa shape index (κ3) is 7.76. The minimum absolute atomic E-state index is 0.00211. The Hall–Kier alpha value is -4.02. The fourth-order valence-corrected chi connectivity index (χ4v) is 4.15. The number of likely N-dealkylation sites (N-methyl/N-ethyl adjacent to an activating group) is 1. The Kier molecular flexibility index (Phi) is 8.71. The molecule has 0 aromatic heterocycles. The number of sulfonamides is 1. The van der Waals surface area contributed by atoms with Crippen molar-refractivity contribution in [1.29, 1.82) is 0 Å². The van der Waals surface area contributed by atoms with Crippen molar-refractivity contribution < 1.29 is 22.7 Å². The smallest absolute Gasteiger partial charge is 0.255 e. The predicted octanol–water partition coefficient (Wildman–Crippen LogP) is 2.99. The summed E-state index contributed by atoms with van der Waals surface area (Å²) >= 11 is 0. The van der Waals surface area contributed by atoms with Crippen LogP contribution in [-0.4, -0.2) is 44.3 Å². The average Bonchev–Trinajstić information content (AvgIpc) is 2.83. The molecular formula is C25H26N4O5S. The maximum atomic E-state index is 12.7. The van der Waals surface area contributed by atoms with Crippen molar-refractivity contribution in [3.8, 4) is 5.75 Å². The topological polar surface area (TPSA) is 117 Å². The number of ether oxygens (including phenoxy) is 1. The summed E-state index contributed by atoms with van der Waals surface area (Å²) in [6, 6.07) is 22.6. The molecule has 0 bridgehead atoms. The number of hydrogen-bond acceptors (Lipinski definition) is 6. The first kappa shape index (κ1) is 25.6. The zero-order valence-corrected chi connectivity index (χ0v) is 20.2. The summed E-state index contributed by atoms with van der Waals surface area (Å²) in [4.78, 5) is 23.3. The molecule has 0 saturated carbocycles. The van der Waals surface area contributed by atoms with E-state index in [-0.39, 0.29) is 10.8 Å². The molecule has 0 saturated heterocycles. The second-order valence-corrected chi connectivity index (χ2v) is 9.65. The maximum absolute atomic E-state index is 12.7. The van der Waals surface area contributed by atoms with Gasteiger partial charge in [0.2, 0.25) is 15.9 Å². The van der Waals surface area contributed by atoms with Crippen LogP contribution >= 0.6 is 0 Å². The van der Waals surface area contributed by atoms with Crippen LogP contribution in [0.2, 0.25) is 0 Å². The summed E-state index contributed by atoms with van der Waals surface area (Å²) in [5, 5.41) is 6.47. The number of carbonyl (C=O) groups excluding carboxylic acids is 2. The summed E-state index contributed by atoms with van der Waals surface area (Å²) < 4.78 is 32.1. The summed E-state index contributed by atoms with van der Waals surface area (Å²) in [5.41, 5.74) is 4.55. The summed E-state index contributed by atoms with van der Waals surface area (Å²) in [6.07, 6.45) is 1.45. The third-order valence-corrected chi connectivity index (χ3v) is 6.58. The van der Waals surface area contributed by atoms with Gasteiger partial charge in [-0.1, -0.05) is 42.5 Å². The molecule has 2 N–H and O–H groups in total. The van der Waals surface area contributed by atoms with Crippen molar-refractivity contribution in [2.24, 2.45) is 5.10 Å². The first-order chi connectivity index (χ1) is 16.7. The minimum Gasteiger partial charge on any atom is -0.489 e. The van der Waals surface area contributed by atoms with Crippen LogP contribution in [0.3, 0.4) is 0 Å². The van der Waals surface area contributed by atoms with E-state index in [1.54, 1.807) is 18.2 Å². The number of anilines is 1. The SMILES string of the molecule is CC(=O)Nc1ccc(S(=O)(=O)N(C)CC(=O)NN=Cc2cccc(OCc3ccccc3)c2)cc1. The van der Waals surface area contributed by atoms with E-state index in [1.807, 2.05) is 36.4 Å². The van der Waals surface area contributed by atoms with E-state index < -0.39 is 22.5 Å². The summed E-state index contributed by atoms with van der Waals surface area (Å²) in [5.74, 6) is -0.209. The number of carbonyl (C=O) groups is 2. The van der Waals surface area contributed by atoms with E-state index in [4.69, 9.17) is 4.74 Å². The lowest BCUT2D eigenvalue weighted by Gasteiger charge is -2.16. The molecule has 0 spiro atoms. The Morgan fingerprint density at radius 2 is 1.71 bits per heavy atom. The molecule has 2 amide bonds. The number of nitrogens with one attached hydrogen (secondary N) is 2. The second kappa shape index (κ2) is 11.9. The van der Waals surface area contributed by atoms with E-state index in [0.29, 0.717) is 23.6 Å². The van der Waals surface area contributed by atoms with Crippen molar-refractivity contribution >= 4 is 33.7 Å². The van der Waals surface area contributed by atoms with Gasteiger partial charge in [-0.15, -0.1) is 0 Å². The first-order valence-corrected chi connectivity index (χ1v) is 12.1. The summed E-state index contributed by atoms with van der Waals surface area (Å²) in [7, 11) is -2.60. The molecule has 3 rings (SSSR count). The third-order valence-electron chi connectivity index (χ3n) is 4.76. The number of benzene rings is 3. The molecule has 0 aliphatic heterocycles. The van der Waals surface area contributed by atoms with Gasteiger partial charge in [-0.2, -0.15) is 9.41 Å². The van der Waals surface area contributed by atoms with Crippen molar-refractivity contribution in [3.63, 3.8) is 0 Å². The van der Waals surface area contributed by atoms with Gasteiger partial charge in [0.15, 0.2) is 0 Å². The molecule has 3 aromatic rings. The zero-order valence-electron chi connectivity index (χ0n) is 19.3.